The Labute approximate surface area is 101 Å². The zero-order valence-corrected chi connectivity index (χ0v) is 10.2. The molecule has 1 heterocycles. The van der Waals surface area contributed by atoms with E-state index in [9.17, 15) is 4.79 Å². The predicted octanol–water partition coefficient (Wildman–Crippen LogP) is 1.99. The van der Waals surface area contributed by atoms with Crippen molar-refractivity contribution in [3.8, 4) is 11.5 Å². The number of hydrogen-bond donors (Lipinski definition) is 1. The number of carbonyl (C=O) groups is 1. The molecule has 0 fully saturated rings. The monoisotopic (exact) mass is 235 g/mol. The maximum atomic E-state index is 12.0. The van der Waals surface area contributed by atoms with Crippen molar-refractivity contribution < 1.29 is 14.3 Å². The summed E-state index contributed by atoms with van der Waals surface area (Å²) in [7, 11) is 0. The molecule has 1 unspecified atom stereocenters. The van der Waals surface area contributed by atoms with Crippen LogP contribution in [0.3, 0.4) is 0 Å². The van der Waals surface area contributed by atoms with E-state index in [1.165, 1.54) is 0 Å². The minimum absolute atomic E-state index is 0.110. The van der Waals surface area contributed by atoms with Gasteiger partial charge < -0.3 is 14.8 Å². The van der Waals surface area contributed by atoms with E-state index in [1.54, 1.807) is 12.1 Å². The number of amides is 1. The largest absolute Gasteiger partial charge is 0.486 e. The first-order valence-corrected chi connectivity index (χ1v) is 5.92. The van der Waals surface area contributed by atoms with Crippen molar-refractivity contribution in [1.29, 1.82) is 0 Å². The van der Waals surface area contributed by atoms with Gasteiger partial charge in [-0.1, -0.05) is 13.0 Å². The van der Waals surface area contributed by atoms with Crippen LogP contribution in [-0.2, 0) is 0 Å². The lowest BCUT2D eigenvalue weighted by Gasteiger charge is -2.21. The van der Waals surface area contributed by atoms with Crippen molar-refractivity contribution in [2.45, 2.75) is 26.3 Å². The van der Waals surface area contributed by atoms with Gasteiger partial charge in [0.15, 0.2) is 11.5 Å². The molecule has 0 saturated carbocycles. The highest BCUT2D eigenvalue weighted by molar-refractivity contribution is 5.98. The molecule has 2 rings (SSSR count). The molecule has 1 aromatic rings. The Morgan fingerprint density at radius 1 is 1.41 bits per heavy atom. The van der Waals surface area contributed by atoms with Gasteiger partial charge in [0.1, 0.15) is 13.2 Å². The molecule has 0 aliphatic carbocycles. The smallest absolute Gasteiger partial charge is 0.255 e. The van der Waals surface area contributed by atoms with Gasteiger partial charge in [-0.05, 0) is 25.5 Å². The third-order valence-corrected chi connectivity index (χ3v) is 2.80. The fraction of sp³-hybridized carbons (Fsp3) is 0.462. The Morgan fingerprint density at radius 2 is 2.18 bits per heavy atom. The Morgan fingerprint density at radius 3 is 2.94 bits per heavy atom. The first kappa shape index (κ1) is 11.8. The third-order valence-electron chi connectivity index (χ3n) is 2.80. The number of rotatable bonds is 3. The molecule has 92 valence electrons. The van der Waals surface area contributed by atoms with Crippen LogP contribution in [0.1, 0.15) is 30.6 Å². The van der Waals surface area contributed by atoms with Crippen molar-refractivity contribution in [3.63, 3.8) is 0 Å². The molecule has 0 bridgehead atoms. The van der Waals surface area contributed by atoms with E-state index in [-0.39, 0.29) is 11.9 Å². The normalized spacial score (nSPS) is 15.2. The molecule has 17 heavy (non-hydrogen) atoms. The number of carbonyl (C=O) groups excluding carboxylic acids is 1. The molecule has 1 aromatic carbocycles. The van der Waals surface area contributed by atoms with Crippen molar-refractivity contribution in [2.75, 3.05) is 13.2 Å². The lowest BCUT2D eigenvalue weighted by molar-refractivity contribution is 0.0928. The molecule has 1 atom stereocenters. The maximum Gasteiger partial charge on any atom is 0.255 e. The first-order valence-electron chi connectivity index (χ1n) is 5.92. The number of para-hydroxylation sites is 1. The predicted molar refractivity (Wildman–Crippen MR) is 64.7 cm³/mol. The van der Waals surface area contributed by atoms with Gasteiger partial charge in [0, 0.05) is 6.04 Å². The minimum atomic E-state index is -0.110. The van der Waals surface area contributed by atoms with E-state index in [1.807, 2.05) is 19.9 Å². The van der Waals surface area contributed by atoms with E-state index >= 15 is 0 Å². The summed E-state index contributed by atoms with van der Waals surface area (Å²) in [4.78, 5) is 12.0. The highest BCUT2D eigenvalue weighted by Gasteiger charge is 2.20. The third kappa shape index (κ3) is 2.52. The van der Waals surface area contributed by atoms with Crippen LogP contribution in [-0.4, -0.2) is 25.2 Å². The second kappa shape index (κ2) is 5.08. The van der Waals surface area contributed by atoms with Crippen LogP contribution in [0.2, 0.25) is 0 Å². The van der Waals surface area contributed by atoms with E-state index in [0.717, 1.165) is 6.42 Å². The van der Waals surface area contributed by atoms with Gasteiger partial charge in [-0.15, -0.1) is 0 Å². The SMILES string of the molecule is CCC(C)NC(=O)c1cccc2c1OCCO2. The van der Waals surface area contributed by atoms with Crippen molar-refractivity contribution in [2.24, 2.45) is 0 Å². The van der Waals surface area contributed by atoms with Gasteiger partial charge in [0.2, 0.25) is 0 Å². The topological polar surface area (TPSA) is 47.6 Å². The molecule has 4 heteroatoms. The average Bonchev–Trinajstić information content (AvgIpc) is 2.37. The lowest BCUT2D eigenvalue weighted by Crippen LogP contribution is -2.32. The minimum Gasteiger partial charge on any atom is -0.486 e. The molecular formula is C13H17NO3. The summed E-state index contributed by atoms with van der Waals surface area (Å²) in [5.74, 6) is 1.09. The fourth-order valence-corrected chi connectivity index (χ4v) is 1.66. The van der Waals surface area contributed by atoms with E-state index in [4.69, 9.17) is 9.47 Å². The van der Waals surface area contributed by atoms with E-state index < -0.39 is 0 Å². The number of fused-ring (bicyclic) bond motifs is 1. The van der Waals surface area contributed by atoms with Gasteiger partial charge in [0.05, 0.1) is 5.56 Å². The van der Waals surface area contributed by atoms with E-state index in [2.05, 4.69) is 5.32 Å². The van der Waals surface area contributed by atoms with Crippen LogP contribution in [0.4, 0.5) is 0 Å². The van der Waals surface area contributed by atoms with Gasteiger partial charge in [-0.3, -0.25) is 4.79 Å². The fourth-order valence-electron chi connectivity index (χ4n) is 1.66. The molecule has 4 nitrogen and oxygen atoms in total. The summed E-state index contributed by atoms with van der Waals surface area (Å²) in [5, 5.41) is 2.92. The van der Waals surface area contributed by atoms with Gasteiger partial charge in [0.25, 0.3) is 5.91 Å². The van der Waals surface area contributed by atoms with E-state index in [0.29, 0.717) is 30.3 Å². The van der Waals surface area contributed by atoms with Crippen molar-refractivity contribution in [3.05, 3.63) is 23.8 Å². The molecule has 0 spiro atoms. The maximum absolute atomic E-state index is 12.0. The number of benzene rings is 1. The van der Waals surface area contributed by atoms with Crippen LogP contribution in [0.5, 0.6) is 11.5 Å². The first-order chi connectivity index (χ1) is 8.22. The van der Waals surface area contributed by atoms with Crippen molar-refractivity contribution >= 4 is 5.91 Å². The molecule has 0 aromatic heterocycles. The molecule has 1 N–H and O–H groups in total. The van der Waals surface area contributed by atoms with Crippen molar-refractivity contribution in [1.82, 2.24) is 5.32 Å². The molecular weight excluding hydrogens is 218 g/mol. The van der Waals surface area contributed by atoms with Crippen LogP contribution in [0.15, 0.2) is 18.2 Å². The summed E-state index contributed by atoms with van der Waals surface area (Å²) in [5.41, 5.74) is 0.544. The van der Waals surface area contributed by atoms with Gasteiger partial charge in [-0.2, -0.15) is 0 Å². The second-order valence-electron chi connectivity index (χ2n) is 4.11. The zero-order valence-electron chi connectivity index (χ0n) is 10.2. The summed E-state index contributed by atoms with van der Waals surface area (Å²) >= 11 is 0. The number of nitrogens with one attached hydrogen (secondary N) is 1. The Bertz CT molecular complexity index is 417. The second-order valence-corrected chi connectivity index (χ2v) is 4.11. The summed E-state index contributed by atoms with van der Waals surface area (Å²) < 4.78 is 10.9. The van der Waals surface area contributed by atoms with Crippen LogP contribution in [0.25, 0.3) is 0 Å². The standard InChI is InChI=1S/C13H17NO3/c1-3-9(2)14-13(15)10-5-4-6-11-12(10)17-8-7-16-11/h4-6,9H,3,7-8H2,1-2H3,(H,14,15). The molecule has 0 saturated heterocycles. The molecule has 0 radical (unpaired) electrons. The average molecular weight is 235 g/mol. The van der Waals surface area contributed by atoms with Gasteiger partial charge in [-0.25, -0.2) is 0 Å². The number of ether oxygens (including phenoxy) is 2. The highest BCUT2D eigenvalue weighted by Crippen LogP contribution is 2.33. The Kier molecular flexibility index (Phi) is 3.52. The summed E-state index contributed by atoms with van der Waals surface area (Å²) in [6, 6.07) is 5.53. The summed E-state index contributed by atoms with van der Waals surface area (Å²) in [6.07, 6.45) is 0.901. The Balaban J connectivity index is 2.23. The highest BCUT2D eigenvalue weighted by atomic mass is 16.6. The molecule has 1 amide bonds. The molecule has 1 aliphatic rings. The summed E-state index contributed by atoms with van der Waals surface area (Å²) in [6.45, 7) is 5.03. The van der Waals surface area contributed by atoms with Crippen LogP contribution >= 0.6 is 0 Å². The van der Waals surface area contributed by atoms with Crippen LogP contribution < -0.4 is 14.8 Å². The molecule has 1 aliphatic heterocycles. The Hall–Kier alpha value is -1.71. The quantitative estimate of drug-likeness (QED) is 0.871. The zero-order chi connectivity index (χ0) is 12.3. The van der Waals surface area contributed by atoms with Gasteiger partial charge >= 0.3 is 0 Å². The lowest BCUT2D eigenvalue weighted by atomic mass is 10.1. The number of hydrogen-bond acceptors (Lipinski definition) is 3. The van der Waals surface area contributed by atoms with Crippen LogP contribution in [0, 0.1) is 0 Å².